The van der Waals surface area contributed by atoms with Gasteiger partial charge in [0.2, 0.25) is 0 Å². The summed E-state index contributed by atoms with van der Waals surface area (Å²) in [7, 11) is 0. The minimum Gasteiger partial charge on any atom is -0.453 e. The SMILES string of the molecule is CCc1ccc(C(=O)COC(=O)/C(C#N)=C/c2cc(C)n(CCC(C)C)c2C)cc1. The van der Waals surface area contributed by atoms with E-state index in [9.17, 15) is 14.9 Å². The van der Waals surface area contributed by atoms with Gasteiger partial charge in [0.05, 0.1) is 0 Å². The Hall–Kier alpha value is -3.13. The number of benzene rings is 1. The second-order valence-corrected chi connectivity index (χ2v) is 7.88. The van der Waals surface area contributed by atoms with Gasteiger partial charge in [0.25, 0.3) is 0 Å². The number of hydrogen-bond donors (Lipinski definition) is 0. The van der Waals surface area contributed by atoms with Gasteiger partial charge in [-0.2, -0.15) is 5.26 Å². The number of hydrogen-bond acceptors (Lipinski definition) is 4. The van der Waals surface area contributed by atoms with Crippen LogP contribution in [0.5, 0.6) is 0 Å². The first-order valence-electron chi connectivity index (χ1n) is 10.3. The number of carbonyl (C=O) groups is 2. The normalized spacial score (nSPS) is 11.4. The van der Waals surface area contributed by atoms with Gasteiger partial charge in [-0.3, -0.25) is 4.79 Å². The molecule has 0 aliphatic carbocycles. The first-order chi connectivity index (χ1) is 14.3. The molecule has 0 aliphatic heterocycles. The third-order valence-electron chi connectivity index (χ3n) is 5.20. The van der Waals surface area contributed by atoms with Crippen molar-refractivity contribution in [3.05, 3.63) is 64.0 Å². The fourth-order valence-electron chi connectivity index (χ4n) is 3.22. The van der Waals surface area contributed by atoms with Gasteiger partial charge >= 0.3 is 5.97 Å². The van der Waals surface area contributed by atoms with E-state index in [1.807, 2.05) is 45.0 Å². The first-order valence-corrected chi connectivity index (χ1v) is 10.3. The van der Waals surface area contributed by atoms with Crippen LogP contribution in [-0.2, 0) is 22.5 Å². The van der Waals surface area contributed by atoms with Gasteiger partial charge in [-0.05, 0) is 55.9 Å². The van der Waals surface area contributed by atoms with Crippen LogP contribution in [0.2, 0.25) is 0 Å². The van der Waals surface area contributed by atoms with Gasteiger partial charge in [-0.15, -0.1) is 0 Å². The van der Waals surface area contributed by atoms with Crippen molar-refractivity contribution in [3.8, 4) is 6.07 Å². The average Bonchev–Trinajstić information content (AvgIpc) is 3.00. The Balaban J connectivity index is 2.08. The van der Waals surface area contributed by atoms with Gasteiger partial charge in [0, 0.05) is 23.5 Å². The van der Waals surface area contributed by atoms with Gasteiger partial charge in [-0.25, -0.2) is 4.79 Å². The summed E-state index contributed by atoms with van der Waals surface area (Å²) in [5.74, 6) is -0.497. The van der Waals surface area contributed by atoms with Crippen molar-refractivity contribution in [3.63, 3.8) is 0 Å². The van der Waals surface area contributed by atoms with Crippen LogP contribution in [0, 0.1) is 31.1 Å². The molecule has 0 amide bonds. The fraction of sp³-hybridized carbons (Fsp3) is 0.400. The summed E-state index contributed by atoms with van der Waals surface area (Å²) in [6.07, 6.45) is 3.48. The highest BCUT2D eigenvalue weighted by atomic mass is 16.5. The highest BCUT2D eigenvalue weighted by Gasteiger charge is 2.16. The molecule has 1 aromatic carbocycles. The summed E-state index contributed by atoms with van der Waals surface area (Å²) in [5.41, 5.74) is 4.39. The van der Waals surface area contributed by atoms with Crippen LogP contribution in [-0.4, -0.2) is 22.9 Å². The maximum atomic E-state index is 12.4. The van der Waals surface area contributed by atoms with Crippen molar-refractivity contribution in [1.29, 1.82) is 5.26 Å². The topological polar surface area (TPSA) is 72.1 Å². The molecular formula is C25H30N2O3. The lowest BCUT2D eigenvalue weighted by Crippen LogP contribution is -2.15. The van der Waals surface area contributed by atoms with E-state index in [-0.39, 0.29) is 11.4 Å². The fourth-order valence-corrected chi connectivity index (χ4v) is 3.22. The lowest BCUT2D eigenvalue weighted by Gasteiger charge is -2.11. The molecule has 0 unspecified atom stereocenters. The molecule has 158 valence electrons. The molecule has 0 radical (unpaired) electrons. The summed E-state index contributed by atoms with van der Waals surface area (Å²) < 4.78 is 7.30. The van der Waals surface area contributed by atoms with Crippen LogP contribution in [0.4, 0.5) is 0 Å². The second kappa shape index (κ2) is 10.6. The van der Waals surface area contributed by atoms with Crippen molar-refractivity contribution in [2.75, 3.05) is 6.61 Å². The predicted molar refractivity (Wildman–Crippen MR) is 118 cm³/mol. The van der Waals surface area contributed by atoms with E-state index in [1.54, 1.807) is 12.1 Å². The zero-order chi connectivity index (χ0) is 22.3. The maximum Gasteiger partial charge on any atom is 0.349 e. The van der Waals surface area contributed by atoms with Crippen LogP contribution in [0.25, 0.3) is 6.08 Å². The standard InChI is InChI=1S/C25H30N2O3/c1-6-20-7-9-21(10-8-20)24(28)16-30-25(29)23(15-26)14-22-13-18(4)27(19(22)5)12-11-17(2)3/h7-10,13-14,17H,6,11-12,16H2,1-5H3/b23-14+. The first kappa shape index (κ1) is 23.2. The molecule has 0 saturated heterocycles. The maximum absolute atomic E-state index is 12.4. The minimum absolute atomic E-state index is 0.117. The number of nitrogens with zero attached hydrogens (tertiary/aromatic N) is 2. The third kappa shape index (κ3) is 5.93. The monoisotopic (exact) mass is 406 g/mol. The molecule has 1 aromatic heterocycles. The van der Waals surface area contributed by atoms with E-state index in [1.165, 1.54) is 6.08 Å². The largest absolute Gasteiger partial charge is 0.453 e. The van der Waals surface area contributed by atoms with Crippen LogP contribution in [0.3, 0.4) is 0 Å². The number of ketones is 1. The van der Waals surface area contributed by atoms with Crippen LogP contribution >= 0.6 is 0 Å². The number of rotatable bonds is 9. The Morgan fingerprint density at radius 3 is 2.43 bits per heavy atom. The summed E-state index contributed by atoms with van der Waals surface area (Å²) in [6, 6.07) is 11.1. The summed E-state index contributed by atoms with van der Waals surface area (Å²) in [4.78, 5) is 24.6. The third-order valence-corrected chi connectivity index (χ3v) is 5.20. The molecule has 0 fully saturated rings. The van der Waals surface area contributed by atoms with Crippen molar-refractivity contribution in [2.45, 2.75) is 54.0 Å². The Morgan fingerprint density at radius 1 is 1.20 bits per heavy atom. The van der Waals surface area contributed by atoms with Gasteiger partial charge in [0.15, 0.2) is 12.4 Å². The number of aryl methyl sites for hydroxylation is 2. The van der Waals surface area contributed by atoms with Gasteiger partial charge < -0.3 is 9.30 Å². The number of ether oxygens (including phenoxy) is 1. The Labute approximate surface area is 179 Å². The summed E-state index contributed by atoms with van der Waals surface area (Å²) in [5, 5.41) is 9.43. The minimum atomic E-state index is -0.789. The lowest BCUT2D eigenvalue weighted by molar-refractivity contribution is -0.137. The van der Waals surface area contributed by atoms with E-state index in [4.69, 9.17) is 4.74 Å². The molecule has 2 rings (SSSR count). The van der Waals surface area contributed by atoms with Crippen LogP contribution in [0.15, 0.2) is 35.9 Å². The Kier molecular flexibility index (Phi) is 8.17. The zero-order valence-electron chi connectivity index (χ0n) is 18.5. The van der Waals surface area contributed by atoms with E-state index in [0.717, 1.165) is 41.9 Å². The molecule has 1 heterocycles. The number of nitriles is 1. The Morgan fingerprint density at radius 2 is 1.87 bits per heavy atom. The predicted octanol–water partition coefficient (Wildman–Crippen LogP) is 5.05. The van der Waals surface area contributed by atoms with Crippen molar-refractivity contribution < 1.29 is 14.3 Å². The molecule has 30 heavy (non-hydrogen) atoms. The van der Waals surface area contributed by atoms with Crippen molar-refractivity contribution in [1.82, 2.24) is 4.57 Å². The smallest absolute Gasteiger partial charge is 0.349 e. The molecule has 2 aromatic rings. The van der Waals surface area contributed by atoms with E-state index < -0.39 is 12.6 Å². The summed E-state index contributed by atoms with van der Waals surface area (Å²) in [6.45, 7) is 10.9. The molecule has 0 atom stereocenters. The Bertz CT molecular complexity index is 973. The zero-order valence-corrected chi connectivity index (χ0v) is 18.5. The number of Topliss-reactive ketones (excluding diaryl/α,β-unsaturated/α-hetero) is 1. The average molecular weight is 407 g/mol. The van der Waals surface area contributed by atoms with Crippen molar-refractivity contribution in [2.24, 2.45) is 5.92 Å². The van der Waals surface area contributed by atoms with E-state index >= 15 is 0 Å². The van der Waals surface area contributed by atoms with E-state index in [2.05, 4.69) is 18.4 Å². The van der Waals surface area contributed by atoms with Crippen molar-refractivity contribution >= 4 is 17.8 Å². The molecule has 0 spiro atoms. The molecule has 0 saturated carbocycles. The highest BCUT2D eigenvalue weighted by Crippen LogP contribution is 2.20. The molecular weight excluding hydrogens is 376 g/mol. The molecule has 5 heteroatoms. The van der Waals surface area contributed by atoms with Gasteiger partial charge in [-0.1, -0.05) is 45.0 Å². The quantitative estimate of drug-likeness (QED) is 0.253. The number of carbonyl (C=O) groups excluding carboxylic acids is 2. The summed E-state index contributed by atoms with van der Waals surface area (Å²) >= 11 is 0. The van der Waals surface area contributed by atoms with Crippen LogP contribution < -0.4 is 0 Å². The molecule has 0 bridgehead atoms. The molecule has 5 nitrogen and oxygen atoms in total. The van der Waals surface area contributed by atoms with Gasteiger partial charge in [0.1, 0.15) is 11.6 Å². The molecule has 0 aliphatic rings. The second-order valence-electron chi connectivity index (χ2n) is 7.88. The number of aromatic nitrogens is 1. The number of esters is 1. The highest BCUT2D eigenvalue weighted by molar-refractivity contribution is 6.02. The molecule has 0 N–H and O–H groups in total. The lowest BCUT2D eigenvalue weighted by atomic mass is 10.1. The van der Waals surface area contributed by atoms with Crippen LogP contribution in [0.1, 0.15) is 60.1 Å². The van der Waals surface area contributed by atoms with E-state index in [0.29, 0.717) is 11.5 Å².